The van der Waals surface area contributed by atoms with Crippen LogP contribution in [0.1, 0.15) is 0 Å². The van der Waals surface area contributed by atoms with Crippen LogP contribution in [0, 0.1) is 0 Å². The maximum Gasteiger partial charge on any atom is 0.137 e. The van der Waals surface area contributed by atoms with Gasteiger partial charge in [-0.3, -0.25) is 0 Å². The number of anilines is 3. The minimum absolute atomic E-state index is 0.859. The van der Waals surface area contributed by atoms with E-state index in [2.05, 4.69) is 240 Å². The number of para-hydroxylation sites is 2. The zero-order valence-corrected chi connectivity index (χ0v) is 34.4. The van der Waals surface area contributed by atoms with E-state index in [1.165, 1.54) is 55.3 Å². The Hall–Kier alpha value is -8.40. The lowest BCUT2D eigenvalue weighted by Crippen LogP contribution is -2.10. The monoisotopic (exact) mass is 804 g/mol. The molecule has 0 unspecified atom stereocenters. The quantitative estimate of drug-likeness (QED) is 0.153. The van der Waals surface area contributed by atoms with Crippen molar-refractivity contribution >= 4 is 60.8 Å². The molecule has 296 valence electrons. The zero-order chi connectivity index (χ0) is 41.7. The Labute approximate surface area is 366 Å². The highest BCUT2D eigenvalue weighted by atomic mass is 16.3. The standard InChI is InChI=1S/C60H40N2O/c1-6-18-41(19-7-1)45-36-55(44-24-12-4-13-25-44)60-56(37-45)51-34-31-48(61(46-26-14-5-15-27-46)49-32-35-53-52-28-16-17-29-58(52)63-59(53)40-49)39-57(51)62(60)47-30-33-50(42-20-8-2-9-21-42)54(38-47)43-22-10-3-11-23-43/h1-40H. The lowest BCUT2D eigenvalue weighted by atomic mass is 9.93. The van der Waals surface area contributed by atoms with E-state index in [4.69, 9.17) is 4.42 Å². The van der Waals surface area contributed by atoms with Crippen molar-refractivity contribution in [2.24, 2.45) is 0 Å². The molecule has 10 aromatic carbocycles. The number of hydrogen-bond donors (Lipinski definition) is 0. The number of furan rings is 1. The smallest absolute Gasteiger partial charge is 0.137 e. The maximum absolute atomic E-state index is 6.46. The van der Waals surface area contributed by atoms with E-state index < -0.39 is 0 Å². The van der Waals surface area contributed by atoms with Crippen LogP contribution in [-0.2, 0) is 0 Å². The van der Waals surface area contributed by atoms with E-state index in [0.717, 1.165) is 55.7 Å². The highest BCUT2D eigenvalue weighted by Gasteiger charge is 2.23. The number of fused-ring (bicyclic) bond motifs is 6. The Morgan fingerprint density at radius 2 is 0.841 bits per heavy atom. The molecule has 63 heavy (non-hydrogen) atoms. The molecule has 12 rings (SSSR count). The van der Waals surface area contributed by atoms with Gasteiger partial charge in [-0.15, -0.1) is 0 Å². The maximum atomic E-state index is 6.46. The fourth-order valence-corrected chi connectivity index (χ4v) is 9.45. The van der Waals surface area contributed by atoms with E-state index in [-0.39, 0.29) is 0 Å². The molecule has 0 saturated carbocycles. The largest absolute Gasteiger partial charge is 0.456 e. The minimum Gasteiger partial charge on any atom is -0.456 e. The van der Waals surface area contributed by atoms with Gasteiger partial charge in [0.15, 0.2) is 0 Å². The number of aromatic nitrogens is 1. The molecular weight excluding hydrogens is 765 g/mol. The first-order chi connectivity index (χ1) is 31.2. The summed E-state index contributed by atoms with van der Waals surface area (Å²) in [4.78, 5) is 2.34. The molecule has 2 heterocycles. The summed E-state index contributed by atoms with van der Waals surface area (Å²) in [5, 5.41) is 4.60. The Balaban J connectivity index is 1.17. The summed E-state index contributed by atoms with van der Waals surface area (Å²) in [7, 11) is 0. The van der Waals surface area contributed by atoms with E-state index in [0.29, 0.717) is 0 Å². The van der Waals surface area contributed by atoms with E-state index in [1.54, 1.807) is 0 Å². The summed E-state index contributed by atoms with van der Waals surface area (Å²) < 4.78 is 8.96. The van der Waals surface area contributed by atoms with Gasteiger partial charge < -0.3 is 13.9 Å². The number of benzene rings is 10. The fourth-order valence-electron chi connectivity index (χ4n) is 9.45. The summed E-state index contributed by atoms with van der Waals surface area (Å²) in [5.74, 6) is 0. The van der Waals surface area contributed by atoms with Gasteiger partial charge in [-0.1, -0.05) is 170 Å². The third kappa shape index (κ3) is 6.38. The molecule has 0 atom stereocenters. The Kier molecular flexibility index (Phi) is 8.83. The summed E-state index contributed by atoms with van der Waals surface area (Å²) in [6, 6.07) is 87.3. The molecule has 3 heteroatoms. The van der Waals surface area contributed by atoms with Crippen LogP contribution in [0.4, 0.5) is 17.1 Å². The van der Waals surface area contributed by atoms with Gasteiger partial charge in [0, 0.05) is 55.9 Å². The lowest BCUT2D eigenvalue weighted by Gasteiger charge is -2.25. The summed E-state index contributed by atoms with van der Waals surface area (Å²) in [5.41, 5.74) is 17.7. The van der Waals surface area contributed by atoms with Crippen molar-refractivity contribution < 1.29 is 4.42 Å². The first-order valence-electron chi connectivity index (χ1n) is 21.5. The van der Waals surface area contributed by atoms with Gasteiger partial charge in [0.2, 0.25) is 0 Å². The molecule has 0 aliphatic carbocycles. The molecule has 3 nitrogen and oxygen atoms in total. The van der Waals surface area contributed by atoms with Gasteiger partial charge in [0.1, 0.15) is 11.2 Å². The topological polar surface area (TPSA) is 21.3 Å². The van der Waals surface area contributed by atoms with Crippen LogP contribution in [0.2, 0.25) is 0 Å². The molecule has 0 amide bonds. The molecule has 0 fully saturated rings. The average Bonchev–Trinajstić information content (AvgIpc) is 3.90. The molecule has 0 N–H and O–H groups in total. The second-order valence-corrected chi connectivity index (χ2v) is 16.1. The second-order valence-electron chi connectivity index (χ2n) is 16.1. The molecule has 0 aliphatic rings. The second kappa shape index (κ2) is 15.3. The summed E-state index contributed by atoms with van der Waals surface area (Å²) in [6.07, 6.45) is 0. The van der Waals surface area contributed by atoms with Gasteiger partial charge in [0.25, 0.3) is 0 Å². The molecule has 0 radical (unpaired) electrons. The Morgan fingerprint density at radius 1 is 0.302 bits per heavy atom. The minimum atomic E-state index is 0.859. The average molecular weight is 805 g/mol. The van der Waals surface area contributed by atoms with Crippen LogP contribution < -0.4 is 4.90 Å². The Morgan fingerprint density at radius 3 is 1.52 bits per heavy atom. The van der Waals surface area contributed by atoms with Crippen molar-refractivity contribution in [3.63, 3.8) is 0 Å². The van der Waals surface area contributed by atoms with Crippen LogP contribution >= 0.6 is 0 Å². The summed E-state index contributed by atoms with van der Waals surface area (Å²) in [6.45, 7) is 0. The van der Waals surface area contributed by atoms with Crippen molar-refractivity contribution in [1.29, 1.82) is 0 Å². The van der Waals surface area contributed by atoms with Crippen LogP contribution in [0.3, 0.4) is 0 Å². The van der Waals surface area contributed by atoms with Gasteiger partial charge >= 0.3 is 0 Å². The molecule has 0 spiro atoms. The predicted octanol–water partition coefficient (Wildman–Crippen LogP) is 16.8. The first kappa shape index (κ1) is 36.5. The van der Waals surface area contributed by atoms with Crippen LogP contribution in [0.5, 0.6) is 0 Å². The van der Waals surface area contributed by atoms with Crippen LogP contribution in [0.25, 0.3) is 93.9 Å². The fraction of sp³-hybridized carbons (Fsp3) is 0. The number of hydrogen-bond acceptors (Lipinski definition) is 2. The number of rotatable bonds is 8. The van der Waals surface area contributed by atoms with Crippen molar-refractivity contribution in [2.45, 2.75) is 0 Å². The van der Waals surface area contributed by atoms with E-state index in [1.807, 2.05) is 12.1 Å². The summed E-state index contributed by atoms with van der Waals surface area (Å²) >= 11 is 0. The highest BCUT2D eigenvalue weighted by Crippen LogP contribution is 2.46. The Bertz CT molecular complexity index is 3590. The molecule has 0 saturated heterocycles. The van der Waals surface area contributed by atoms with Gasteiger partial charge in [-0.25, -0.2) is 0 Å². The first-order valence-corrected chi connectivity index (χ1v) is 21.5. The van der Waals surface area contributed by atoms with Crippen molar-refractivity contribution in [3.05, 3.63) is 243 Å². The van der Waals surface area contributed by atoms with Crippen LogP contribution in [-0.4, -0.2) is 4.57 Å². The van der Waals surface area contributed by atoms with Crippen LogP contribution in [0.15, 0.2) is 247 Å². The SMILES string of the molecule is c1ccc(-c2cc(-c3ccccc3)c3c(c2)c2ccc(N(c4ccccc4)c4ccc5c(c4)oc4ccccc45)cc2n3-c2ccc(-c3ccccc3)c(-c3ccccc3)c2)cc1. The molecule has 2 aromatic heterocycles. The van der Waals surface area contributed by atoms with Gasteiger partial charge in [0.05, 0.1) is 11.0 Å². The lowest BCUT2D eigenvalue weighted by molar-refractivity contribution is 0.669. The van der Waals surface area contributed by atoms with Crippen molar-refractivity contribution in [1.82, 2.24) is 4.57 Å². The van der Waals surface area contributed by atoms with E-state index >= 15 is 0 Å². The van der Waals surface area contributed by atoms with Gasteiger partial charge in [-0.05, 0) is 106 Å². The van der Waals surface area contributed by atoms with Gasteiger partial charge in [-0.2, -0.15) is 0 Å². The zero-order valence-electron chi connectivity index (χ0n) is 34.4. The predicted molar refractivity (Wildman–Crippen MR) is 264 cm³/mol. The van der Waals surface area contributed by atoms with Crippen molar-refractivity contribution in [2.75, 3.05) is 4.90 Å². The molecule has 12 aromatic rings. The number of nitrogens with zero attached hydrogens (tertiary/aromatic N) is 2. The van der Waals surface area contributed by atoms with E-state index in [9.17, 15) is 0 Å². The molecule has 0 bridgehead atoms. The third-order valence-electron chi connectivity index (χ3n) is 12.4. The highest BCUT2D eigenvalue weighted by molar-refractivity contribution is 6.16. The third-order valence-corrected chi connectivity index (χ3v) is 12.4. The molecular formula is C60H40N2O. The normalized spacial score (nSPS) is 11.5. The molecule has 0 aliphatic heterocycles. The van der Waals surface area contributed by atoms with Crippen molar-refractivity contribution in [3.8, 4) is 50.2 Å².